The van der Waals surface area contributed by atoms with Crippen molar-refractivity contribution in [1.29, 1.82) is 0 Å². The summed E-state index contributed by atoms with van der Waals surface area (Å²) < 4.78 is 16.5. The van der Waals surface area contributed by atoms with E-state index < -0.39 is 0 Å². The van der Waals surface area contributed by atoms with Gasteiger partial charge in [-0.2, -0.15) is 0 Å². The molecule has 1 aromatic heterocycles. The van der Waals surface area contributed by atoms with E-state index in [1.807, 2.05) is 42.2 Å². The zero-order valence-corrected chi connectivity index (χ0v) is 18.8. The van der Waals surface area contributed by atoms with Crippen LogP contribution in [0.3, 0.4) is 0 Å². The summed E-state index contributed by atoms with van der Waals surface area (Å²) in [5.41, 5.74) is 3.41. The number of methoxy groups -OCH3 is 2. The molecule has 1 heterocycles. The van der Waals surface area contributed by atoms with Gasteiger partial charge >= 0.3 is 0 Å². The van der Waals surface area contributed by atoms with Gasteiger partial charge in [-0.1, -0.05) is 42.8 Å². The van der Waals surface area contributed by atoms with Crippen LogP contribution in [-0.4, -0.2) is 31.6 Å². The SMILES string of the molecule is CCC(=O)N(CC[C@@H](c1ccc(C)cc1)c1ccco1)Cc1ccc(OC)c(OC)c1. The van der Waals surface area contributed by atoms with E-state index in [-0.39, 0.29) is 11.8 Å². The van der Waals surface area contributed by atoms with Gasteiger partial charge in [0.25, 0.3) is 0 Å². The molecular weight excluding hydrogens is 390 g/mol. The zero-order valence-electron chi connectivity index (χ0n) is 18.8. The highest BCUT2D eigenvalue weighted by Crippen LogP contribution is 2.31. The third-order valence-corrected chi connectivity index (χ3v) is 5.53. The molecule has 0 aliphatic rings. The van der Waals surface area contributed by atoms with E-state index in [4.69, 9.17) is 13.9 Å². The lowest BCUT2D eigenvalue weighted by Crippen LogP contribution is -2.31. The Kier molecular flexibility index (Phi) is 7.76. The smallest absolute Gasteiger partial charge is 0.222 e. The number of ether oxygens (including phenoxy) is 2. The minimum absolute atomic E-state index is 0.0909. The Balaban J connectivity index is 1.79. The summed E-state index contributed by atoms with van der Waals surface area (Å²) in [6, 6.07) is 18.2. The summed E-state index contributed by atoms with van der Waals surface area (Å²) in [4.78, 5) is 14.6. The predicted octanol–water partition coefficient (Wildman–Crippen LogP) is 5.57. The highest BCUT2D eigenvalue weighted by atomic mass is 16.5. The first kappa shape index (κ1) is 22.5. The second-order valence-corrected chi connectivity index (χ2v) is 7.63. The fraction of sp³-hybridized carbons (Fsp3) is 0.346. The highest BCUT2D eigenvalue weighted by molar-refractivity contribution is 5.75. The van der Waals surface area contributed by atoms with Gasteiger partial charge in [-0.15, -0.1) is 0 Å². The molecule has 5 nitrogen and oxygen atoms in total. The second-order valence-electron chi connectivity index (χ2n) is 7.63. The summed E-state index contributed by atoms with van der Waals surface area (Å²) in [6.45, 7) is 5.12. The lowest BCUT2D eigenvalue weighted by atomic mass is 9.92. The van der Waals surface area contributed by atoms with E-state index in [2.05, 4.69) is 31.2 Å². The Morgan fingerprint density at radius 3 is 2.39 bits per heavy atom. The van der Waals surface area contributed by atoms with Crippen molar-refractivity contribution >= 4 is 5.91 Å². The maximum Gasteiger partial charge on any atom is 0.222 e. The normalized spacial score (nSPS) is 11.7. The molecule has 0 fully saturated rings. The summed E-state index contributed by atoms with van der Waals surface area (Å²) >= 11 is 0. The molecule has 5 heteroatoms. The van der Waals surface area contributed by atoms with Gasteiger partial charge in [-0.25, -0.2) is 0 Å². The quantitative estimate of drug-likeness (QED) is 0.430. The van der Waals surface area contributed by atoms with Gasteiger partial charge in [0.1, 0.15) is 5.76 Å². The number of carbonyl (C=O) groups excluding carboxylic acids is 1. The van der Waals surface area contributed by atoms with Gasteiger partial charge in [-0.05, 0) is 48.7 Å². The number of rotatable bonds is 10. The van der Waals surface area contributed by atoms with Crippen LogP contribution in [0.5, 0.6) is 11.5 Å². The van der Waals surface area contributed by atoms with Crippen LogP contribution >= 0.6 is 0 Å². The molecule has 31 heavy (non-hydrogen) atoms. The van der Waals surface area contributed by atoms with Gasteiger partial charge in [0.05, 0.1) is 20.5 Å². The van der Waals surface area contributed by atoms with E-state index in [1.165, 1.54) is 11.1 Å². The van der Waals surface area contributed by atoms with Crippen molar-refractivity contribution in [1.82, 2.24) is 4.90 Å². The van der Waals surface area contributed by atoms with Crippen molar-refractivity contribution < 1.29 is 18.7 Å². The molecule has 1 amide bonds. The third-order valence-electron chi connectivity index (χ3n) is 5.53. The molecule has 0 aliphatic heterocycles. The molecule has 3 rings (SSSR count). The fourth-order valence-corrected chi connectivity index (χ4v) is 3.76. The largest absolute Gasteiger partial charge is 0.493 e. The van der Waals surface area contributed by atoms with Crippen LogP contribution in [0.4, 0.5) is 0 Å². The fourth-order valence-electron chi connectivity index (χ4n) is 3.76. The standard InChI is InChI=1S/C26H31NO4/c1-5-26(28)27(18-20-10-13-24(29-3)25(17-20)30-4)15-14-22(23-7-6-16-31-23)21-11-8-19(2)9-12-21/h6-13,16-17,22H,5,14-15,18H2,1-4H3/t22-/m0/s1. The van der Waals surface area contributed by atoms with Crippen molar-refractivity contribution in [2.75, 3.05) is 20.8 Å². The first-order valence-electron chi connectivity index (χ1n) is 10.6. The predicted molar refractivity (Wildman–Crippen MR) is 122 cm³/mol. The zero-order chi connectivity index (χ0) is 22.2. The Labute approximate surface area is 184 Å². The first-order chi connectivity index (χ1) is 15.0. The second kappa shape index (κ2) is 10.7. The molecule has 0 N–H and O–H groups in total. The molecule has 0 saturated carbocycles. The number of hydrogen-bond donors (Lipinski definition) is 0. The minimum atomic E-state index is 0.0909. The third kappa shape index (κ3) is 5.69. The Bertz CT molecular complexity index is 964. The molecule has 0 saturated heterocycles. The number of amides is 1. The summed E-state index contributed by atoms with van der Waals surface area (Å²) in [7, 11) is 3.23. The van der Waals surface area contributed by atoms with Crippen LogP contribution < -0.4 is 9.47 Å². The maximum atomic E-state index is 12.7. The van der Waals surface area contributed by atoms with Crippen molar-refractivity contribution in [2.24, 2.45) is 0 Å². The van der Waals surface area contributed by atoms with Crippen molar-refractivity contribution in [3.8, 4) is 11.5 Å². The average Bonchev–Trinajstić information content (AvgIpc) is 3.33. The van der Waals surface area contributed by atoms with Crippen LogP contribution in [0.15, 0.2) is 65.3 Å². The van der Waals surface area contributed by atoms with Gasteiger partial charge in [-0.3, -0.25) is 4.79 Å². The number of benzene rings is 2. The summed E-state index contributed by atoms with van der Waals surface area (Å²) in [5.74, 6) is 2.47. The van der Waals surface area contributed by atoms with E-state index in [1.54, 1.807) is 20.5 Å². The number of carbonyl (C=O) groups is 1. The van der Waals surface area contributed by atoms with Crippen LogP contribution in [0.1, 0.15) is 48.1 Å². The average molecular weight is 422 g/mol. The Morgan fingerprint density at radius 1 is 1.03 bits per heavy atom. The van der Waals surface area contributed by atoms with E-state index in [9.17, 15) is 4.79 Å². The molecule has 0 radical (unpaired) electrons. The van der Waals surface area contributed by atoms with Crippen LogP contribution in [-0.2, 0) is 11.3 Å². The topological polar surface area (TPSA) is 51.9 Å². The van der Waals surface area contributed by atoms with Crippen molar-refractivity contribution in [3.63, 3.8) is 0 Å². The highest BCUT2D eigenvalue weighted by Gasteiger charge is 2.21. The Hall–Kier alpha value is -3.21. The number of nitrogens with zero attached hydrogens (tertiary/aromatic N) is 1. The number of furan rings is 1. The maximum absolute atomic E-state index is 12.7. The molecule has 164 valence electrons. The summed E-state index contributed by atoms with van der Waals surface area (Å²) in [5, 5.41) is 0. The Morgan fingerprint density at radius 2 is 1.77 bits per heavy atom. The minimum Gasteiger partial charge on any atom is -0.493 e. The first-order valence-corrected chi connectivity index (χ1v) is 10.6. The van der Waals surface area contributed by atoms with Gasteiger partial charge in [0.15, 0.2) is 11.5 Å². The number of aryl methyl sites for hydroxylation is 1. The molecule has 3 aromatic rings. The van der Waals surface area contributed by atoms with E-state index in [0.29, 0.717) is 31.0 Å². The molecule has 0 bridgehead atoms. The molecule has 0 unspecified atom stereocenters. The van der Waals surface area contributed by atoms with Crippen molar-refractivity contribution in [2.45, 2.75) is 39.2 Å². The lowest BCUT2D eigenvalue weighted by Gasteiger charge is -2.25. The molecular formula is C26H31NO4. The lowest BCUT2D eigenvalue weighted by molar-refractivity contribution is -0.131. The number of hydrogen-bond acceptors (Lipinski definition) is 4. The van der Waals surface area contributed by atoms with E-state index >= 15 is 0 Å². The van der Waals surface area contributed by atoms with Crippen LogP contribution in [0.2, 0.25) is 0 Å². The van der Waals surface area contributed by atoms with Crippen LogP contribution in [0.25, 0.3) is 0 Å². The molecule has 2 aromatic carbocycles. The molecule has 0 aliphatic carbocycles. The van der Waals surface area contributed by atoms with Gasteiger partial charge < -0.3 is 18.8 Å². The van der Waals surface area contributed by atoms with Crippen LogP contribution in [0, 0.1) is 6.92 Å². The van der Waals surface area contributed by atoms with Gasteiger partial charge in [0.2, 0.25) is 5.91 Å². The summed E-state index contributed by atoms with van der Waals surface area (Å²) in [6.07, 6.45) is 2.94. The molecule has 0 spiro atoms. The molecule has 1 atom stereocenters. The van der Waals surface area contributed by atoms with E-state index in [0.717, 1.165) is 17.7 Å². The monoisotopic (exact) mass is 421 g/mol. The van der Waals surface area contributed by atoms with Gasteiger partial charge in [0, 0.05) is 25.4 Å². The van der Waals surface area contributed by atoms with Crippen molar-refractivity contribution in [3.05, 3.63) is 83.3 Å².